The van der Waals surface area contributed by atoms with Gasteiger partial charge >= 0.3 is 0 Å². The minimum Gasteiger partial charge on any atom is -0.368 e. The van der Waals surface area contributed by atoms with Crippen molar-refractivity contribution in [2.75, 3.05) is 19.6 Å². The average Bonchev–Trinajstić information content (AvgIpc) is 2.83. The van der Waals surface area contributed by atoms with Crippen molar-refractivity contribution in [3.05, 3.63) is 18.0 Å². The van der Waals surface area contributed by atoms with E-state index >= 15 is 0 Å². The number of nitrogens with two attached hydrogens (primary N) is 1. The highest BCUT2D eigenvalue weighted by atomic mass is 16.2. The summed E-state index contributed by atoms with van der Waals surface area (Å²) in [6.45, 7) is 1.58. The lowest BCUT2D eigenvalue weighted by atomic mass is 10.0. The molecule has 7 nitrogen and oxygen atoms in total. The number of carbonyl (C=O) groups is 2. The molecule has 1 aliphatic heterocycles. The molecule has 0 aromatic carbocycles. The van der Waals surface area contributed by atoms with E-state index in [1.54, 1.807) is 22.8 Å². The molecule has 0 saturated carbocycles. The van der Waals surface area contributed by atoms with Crippen LogP contribution >= 0.6 is 0 Å². The summed E-state index contributed by atoms with van der Waals surface area (Å²) in [5.41, 5.74) is 5.73. The van der Waals surface area contributed by atoms with Crippen molar-refractivity contribution in [3.63, 3.8) is 0 Å². The van der Waals surface area contributed by atoms with E-state index in [9.17, 15) is 9.59 Å². The molecule has 0 bridgehead atoms. The van der Waals surface area contributed by atoms with Gasteiger partial charge in [0.25, 0.3) is 5.91 Å². The van der Waals surface area contributed by atoms with Gasteiger partial charge in [-0.05, 0) is 19.4 Å². The number of primary amides is 1. The maximum atomic E-state index is 12.4. The van der Waals surface area contributed by atoms with Crippen LogP contribution < -0.4 is 11.1 Å². The SMILES string of the molecule is Cn1cc(C(=O)N(CC(N)=O)C2CCCNC2)cn1. The summed E-state index contributed by atoms with van der Waals surface area (Å²) in [4.78, 5) is 25.2. The number of piperidine rings is 1. The lowest BCUT2D eigenvalue weighted by Gasteiger charge is -2.33. The molecule has 0 aliphatic carbocycles. The number of amides is 2. The Hall–Kier alpha value is -1.89. The zero-order valence-corrected chi connectivity index (χ0v) is 11.0. The molecule has 1 saturated heterocycles. The Kier molecular flexibility index (Phi) is 4.16. The molecular weight excluding hydrogens is 246 g/mol. The normalized spacial score (nSPS) is 19.1. The van der Waals surface area contributed by atoms with Gasteiger partial charge in [0.1, 0.15) is 0 Å². The molecule has 1 aliphatic rings. The van der Waals surface area contributed by atoms with Gasteiger partial charge in [-0.1, -0.05) is 0 Å². The van der Waals surface area contributed by atoms with Crippen LogP contribution in [0.15, 0.2) is 12.4 Å². The highest BCUT2D eigenvalue weighted by Gasteiger charge is 2.27. The lowest BCUT2D eigenvalue weighted by Crippen LogP contribution is -2.51. The topological polar surface area (TPSA) is 93.3 Å². The molecule has 7 heteroatoms. The molecule has 0 radical (unpaired) electrons. The number of aryl methyl sites for hydroxylation is 1. The first kappa shape index (κ1) is 13.5. The van der Waals surface area contributed by atoms with Crippen molar-refractivity contribution in [3.8, 4) is 0 Å². The molecule has 104 valence electrons. The van der Waals surface area contributed by atoms with Gasteiger partial charge in [-0.15, -0.1) is 0 Å². The zero-order valence-electron chi connectivity index (χ0n) is 11.0. The maximum Gasteiger partial charge on any atom is 0.257 e. The Balaban J connectivity index is 2.16. The smallest absolute Gasteiger partial charge is 0.257 e. The quantitative estimate of drug-likeness (QED) is 0.738. The van der Waals surface area contributed by atoms with E-state index in [-0.39, 0.29) is 18.5 Å². The zero-order chi connectivity index (χ0) is 13.8. The van der Waals surface area contributed by atoms with Crippen LogP contribution in [0.3, 0.4) is 0 Å². The Morgan fingerprint density at radius 2 is 2.42 bits per heavy atom. The van der Waals surface area contributed by atoms with E-state index in [4.69, 9.17) is 5.73 Å². The van der Waals surface area contributed by atoms with Gasteiger partial charge in [0, 0.05) is 25.8 Å². The number of aromatic nitrogens is 2. The van der Waals surface area contributed by atoms with Crippen LogP contribution in [0.1, 0.15) is 23.2 Å². The van der Waals surface area contributed by atoms with E-state index < -0.39 is 5.91 Å². The van der Waals surface area contributed by atoms with E-state index in [2.05, 4.69) is 10.4 Å². The Labute approximate surface area is 111 Å². The van der Waals surface area contributed by atoms with Crippen LogP contribution in [0.2, 0.25) is 0 Å². The summed E-state index contributed by atoms with van der Waals surface area (Å²) >= 11 is 0. The first-order valence-electron chi connectivity index (χ1n) is 6.36. The number of nitrogens with zero attached hydrogens (tertiary/aromatic N) is 3. The third-order valence-corrected chi connectivity index (χ3v) is 3.25. The summed E-state index contributed by atoms with van der Waals surface area (Å²) in [7, 11) is 1.75. The Morgan fingerprint density at radius 3 is 2.95 bits per heavy atom. The minimum absolute atomic E-state index is 0.00829. The van der Waals surface area contributed by atoms with Crippen LogP contribution in [-0.4, -0.2) is 52.2 Å². The van der Waals surface area contributed by atoms with Crippen LogP contribution in [-0.2, 0) is 11.8 Å². The molecule has 2 heterocycles. The van der Waals surface area contributed by atoms with Crippen LogP contribution in [0, 0.1) is 0 Å². The Morgan fingerprint density at radius 1 is 1.63 bits per heavy atom. The summed E-state index contributed by atoms with van der Waals surface area (Å²) in [5.74, 6) is -0.691. The number of hydrogen-bond acceptors (Lipinski definition) is 4. The van der Waals surface area contributed by atoms with Crippen LogP contribution in [0.4, 0.5) is 0 Å². The molecule has 1 unspecified atom stereocenters. The van der Waals surface area contributed by atoms with Crippen molar-refractivity contribution >= 4 is 11.8 Å². The summed E-state index contributed by atoms with van der Waals surface area (Å²) in [6, 6.07) is 0.00829. The van der Waals surface area contributed by atoms with Gasteiger partial charge in [-0.25, -0.2) is 0 Å². The van der Waals surface area contributed by atoms with Crippen LogP contribution in [0.5, 0.6) is 0 Å². The first-order valence-corrected chi connectivity index (χ1v) is 6.36. The van der Waals surface area contributed by atoms with Crippen molar-refractivity contribution < 1.29 is 9.59 Å². The van der Waals surface area contributed by atoms with Crippen LogP contribution in [0.25, 0.3) is 0 Å². The summed E-state index contributed by atoms with van der Waals surface area (Å²) in [6.07, 6.45) is 5.02. The first-order chi connectivity index (χ1) is 9.08. The highest BCUT2D eigenvalue weighted by Crippen LogP contribution is 2.14. The van der Waals surface area contributed by atoms with Gasteiger partial charge in [0.05, 0.1) is 18.3 Å². The van der Waals surface area contributed by atoms with Crippen molar-refractivity contribution in [2.24, 2.45) is 12.8 Å². The number of carbonyl (C=O) groups excluding carboxylic acids is 2. The fourth-order valence-electron chi connectivity index (χ4n) is 2.33. The Bertz CT molecular complexity index is 464. The van der Waals surface area contributed by atoms with Crippen molar-refractivity contribution in [2.45, 2.75) is 18.9 Å². The van der Waals surface area contributed by atoms with Gasteiger partial charge in [0.2, 0.25) is 5.91 Å². The second-order valence-electron chi connectivity index (χ2n) is 4.80. The molecule has 1 fully saturated rings. The number of nitrogens with one attached hydrogen (secondary N) is 1. The fourth-order valence-corrected chi connectivity index (χ4v) is 2.33. The number of hydrogen-bond donors (Lipinski definition) is 2. The maximum absolute atomic E-state index is 12.4. The van der Waals surface area contributed by atoms with E-state index in [0.29, 0.717) is 12.1 Å². The van der Waals surface area contributed by atoms with Gasteiger partial charge in [-0.2, -0.15) is 5.10 Å². The second kappa shape index (κ2) is 5.83. The third-order valence-electron chi connectivity index (χ3n) is 3.25. The molecule has 1 atom stereocenters. The molecule has 2 amide bonds. The fraction of sp³-hybridized carbons (Fsp3) is 0.583. The molecule has 0 spiro atoms. The van der Waals surface area contributed by atoms with Gasteiger partial charge in [-0.3, -0.25) is 14.3 Å². The van der Waals surface area contributed by atoms with Crippen molar-refractivity contribution in [1.82, 2.24) is 20.0 Å². The molecule has 1 aromatic rings. The standard InChI is InChI=1S/C12H19N5O2/c1-16-7-9(5-15-16)12(19)17(8-11(13)18)10-3-2-4-14-6-10/h5,7,10,14H,2-4,6,8H2,1H3,(H2,13,18). The molecule has 1 aromatic heterocycles. The second-order valence-corrected chi connectivity index (χ2v) is 4.80. The third kappa shape index (κ3) is 3.31. The van der Waals surface area contributed by atoms with E-state index in [1.807, 2.05) is 0 Å². The molecule has 3 N–H and O–H groups in total. The molecular formula is C12H19N5O2. The molecule has 2 rings (SSSR count). The van der Waals surface area contributed by atoms with E-state index in [0.717, 1.165) is 19.4 Å². The average molecular weight is 265 g/mol. The summed E-state index contributed by atoms with van der Waals surface area (Å²) in [5, 5.41) is 7.21. The largest absolute Gasteiger partial charge is 0.368 e. The van der Waals surface area contributed by atoms with Gasteiger partial charge in [0.15, 0.2) is 0 Å². The van der Waals surface area contributed by atoms with Gasteiger partial charge < -0.3 is 16.0 Å². The molecule has 19 heavy (non-hydrogen) atoms. The van der Waals surface area contributed by atoms with Crippen molar-refractivity contribution in [1.29, 1.82) is 0 Å². The monoisotopic (exact) mass is 265 g/mol. The number of rotatable bonds is 4. The predicted octanol–water partition coefficient (Wildman–Crippen LogP) is -0.900. The minimum atomic E-state index is -0.497. The van der Waals surface area contributed by atoms with E-state index in [1.165, 1.54) is 6.20 Å². The lowest BCUT2D eigenvalue weighted by molar-refractivity contribution is -0.119. The predicted molar refractivity (Wildman–Crippen MR) is 69.3 cm³/mol. The highest BCUT2D eigenvalue weighted by molar-refractivity contribution is 5.96. The summed E-state index contributed by atoms with van der Waals surface area (Å²) < 4.78 is 1.56.